The topological polar surface area (TPSA) is 103 Å². The molecule has 0 fully saturated rings. The van der Waals surface area contributed by atoms with Crippen molar-refractivity contribution >= 4 is 12.1 Å². The first kappa shape index (κ1) is 20.4. The van der Waals surface area contributed by atoms with E-state index in [-0.39, 0.29) is 12.2 Å². The lowest BCUT2D eigenvalue weighted by atomic mass is 10.0. The van der Waals surface area contributed by atoms with Gasteiger partial charge < -0.3 is 29.4 Å². The van der Waals surface area contributed by atoms with Crippen LogP contribution in [0.2, 0.25) is 0 Å². The average Bonchev–Trinajstić information content (AvgIpc) is 2.50. The van der Waals surface area contributed by atoms with Crippen LogP contribution in [0.4, 0.5) is 4.79 Å². The van der Waals surface area contributed by atoms with Crippen molar-refractivity contribution in [1.82, 2.24) is 5.32 Å². The lowest BCUT2D eigenvalue weighted by Gasteiger charge is -2.25. The third kappa shape index (κ3) is 5.74. The van der Waals surface area contributed by atoms with Gasteiger partial charge in [-0.1, -0.05) is 0 Å². The lowest BCUT2D eigenvalue weighted by molar-refractivity contribution is -0.137. The number of aliphatic carboxylic acids is 1. The highest BCUT2D eigenvalue weighted by Crippen LogP contribution is 2.42. The van der Waals surface area contributed by atoms with Gasteiger partial charge in [-0.2, -0.15) is 0 Å². The molecule has 0 spiro atoms. The van der Waals surface area contributed by atoms with E-state index in [1.807, 2.05) is 0 Å². The first-order chi connectivity index (χ1) is 11.6. The predicted octanol–water partition coefficient (Wildman–Crippen LogP) is 2.75. The van der Waals surface area contributed by atoms with Crippen molar-refractivity contribution < 1.29 is 33.6 Å². The summed E-state index contributed by atoms with van der Waals surface area (Å²) in [4.78, 5) is 23.3. The van der Waals surface area contributed by atoms with E-state index in [0.717, 1.165) is 0 Å². The van der Waals surface area contributed by atoms with Crippen molar-refractivity contribution in [3.8, 4) is 17.2 Å². The average molecular weight is 355 g/mol. The van der Waals surface area contributed by atoms with E-state index in [2.05, 4.69) is 5.32 Å². The SMILES string of the molecule is COc1ccc([C@@H](CC(=O)O)NC(=O)OC(C)(C)C)c(OC)c1OC. The van der Waals surface area contributed by atoms with Gasteiger partial charge in [0.2, 0.25) is 5.75 Å². The maximum absolute atomic E-state index is 12.1. The smallest absolute Gasteiger partial charge is 0.408 e. The molecule has 1 aromatic carbocycles. The Balaban J connectivity index is 3.27. The summed E-state index contributed by atoms with van der Waals surface area (Å²) >= 11 is 0. The molecule has 1 amide bonds. The zero-order chi connectivity index (χ0) is 19.2. The molecule has 0 aliphatic carbocycles. The number of hydrogen-bond acceptors (Lipinski definition) is 6. The molecule has 1 rings (SSSR count). The van der Waals surface area contributed by atoms with Crippen LogP contribution < -0.4 is 19.5 Å². The number of nitrogens with one attached hydrogen (secondary N) is 1. The number of benzene rings is 1. The number of carbonyl (C=O) groups excluding carboxylic acids is 1. The predicted molar refractivity (Wildman–Crippen MR) is 90.5 cm³/mol. The first-order valence-corrected chi connectivity index (χ1v) is 7.63. The van der Waals surface area contributed by atoms with Crippen molar-refractivity contribution in [2.24, 2.45) is 0 Å². The Hall–Kier alpha value is -2.64. The third-order valence-electron chi connectivity index (χ3n) is 3.18. The fourth-order valence-electron chi connectivity index (χ4n) is 2.26. The van der Waals surface area contributed by atoms with Crippen LogP contribution in [0.25, 0.3) is 0 Å². The summed E-state index contributed by atoms with van der Waals surface area (Å²) < 4.78 is 21.1. The number of carboxylic acids is 1. The van der Waals surface area contributed by atoms with E-state index in [0.29, 0.717) is 17.1 Å². The zero-order valence-corrected chi connectivity index (χ0v) is 15.3. The van der Waals surface area contributed by atoms with E-state index in [9.17, 15) is 14.7 Å². The standard InChI is InChI=1S/C17H25NO7/c1-17(2,3)25-16(21)18-11(9-13(19)20)10-7-8-12(22-4)15(24-6)14(10)23-5/h7-8,11H,9H2,1-6H3,(H,18,21)(H,19,20)/t11-/m1/s1. The van der Waals surface area contributed by atoms with Gasteiger partial charge >= 0.3 is 12.1 Å². The second-order valence-electron chi connectivity index (χ2n) is 6.22. The van der Waals surface area contributed by atoms with Crippen LogP contribution in [0.5, 0.6) is 17.2 Å². The van der Waals surface area contributed by atoms with Crippen LogP contribution in [-0.4, -0.2) is 44.1 Å². The minimum atomic E-state index is -1.09. The van der Waals surface area contributed by atoms with Crippen molar-refractivity contribution in [2.45, 2.75) is 38.8 Å². The molecule has 0 saturated heterocycles. The molecule has 8 heteroatoms. The van der Waals surface area contributed by atoms with Crippen LogP contribution in [0.1, 0.15) is 38.8 Å². The van der Waals surface area contributed by atoms with Crippen molar-refractivity contribution in [1.29, 1.82) is 0 Å². The van der Waals surface area contributed by atoms with E-state index < -0.39 is 23.7 Å². The second kappa shape index (κ2) is 8.46. The van der Waals surface area contributed by atoms with Gasteiger partial charge in [0.15, 0.2) is 11.5 Å². The van der Waals surface area contributed by atoms with Crippen LogP contribution in [0.15, 0.2) is 12.1 Å². The van der Waals surface area contributed by atoms with E-state index in [1.165, 1.54) is 21.3 Å². The Morgan fingerprint density at radius 1 is 1.08 bits per heavy atom. The molecule has 0 radical (unpaired) electrons. The lowest BCUT2D eigenvalue weighted by Crippen LogP contribution is -2.36. The maximum Gasteiger partial charge on any atom is 0.408 e. The fraction of sp³-hybridized carbons (Fsp3) is 0.529. The summed E-state index contributed by atoms with van der Waals surface area (Å²) in [6.45, 7) is 5.15. The molecule has 1 atom stereocenters. The zero-order valence-electron chi connectivity index (χ0n) is 15.3. The van der Waals surface area contributed by atoms with Gasteiger partial charge in [0.05, 0.1) is 33.8 Å². The number of carbonyl (C=O) groups is 2. The Labute approximate surface area is 147 Å². The van der Waals surface area contributed by atoms with E-state index >= 15 is 0 Å². The van der Waals surface area contributed by atoms with Gasteiger partial charge in [-0.3, -0.25) is 4.79 Å². The molecule has 1 aromatic rings. The van der Waals surface area contributed by atoms with Gasteiger partial charge in [0.1, 0.15) is 5.60 Å². The highest BCUT2D eigenvalue weighted by molar-refractivity contribution is 5.73. The molecule has 0 aromatic heterocycles. The molecule has 0 heterocycles. The molecule has 0 aliphatic heterocycles. The van der Waals surface area contributed by atoms with Gasteiger partial charge in [0, 0.05) is 5.56 Å². The van der Waals surface area contributed by atoms with Gasteiger partial charge in [-0.15, -0.1) is 0 Å². The molecule has 0 saturated carbocycles. The molecule has 25 heavy (non-hydrogen) atoms. The van der Waals surface area contributed by atoms with Gasteiger partial charge in [-0.05, 0) is 32.9 Å². The van der Waals surface area contributed by atoms with Crippen LogP contribution >= 0.6 is 0 Å². The number of hydrogen-bond donors (Lipinski definition) is 2. The number of rotatable bonds is 7. The quantitative estimate of drug-likeness (QED) is 0.775. The number of carboxylic acid groups (broad SMARTS) is 1. The maximum atomic E-state index is 12.1. The molecule has 0 bridgehead atoms. The molecule has 8 nitrogen and oxygen atoms in total. The summed E-state index contributed by atoms with van der Waals surface area (Å²) in [5.41, 5.74) is -0.270. The van der Waals surface area contributed by atoms with Crippen molar-refractivity contribution in [2.75, 3.05) is 21.3 Å². The Morgan fingerprint density at radius 2 is 1.68 bits per heavy atom. The van der Waals surface area contributed by atoms with E-state index in [4.69, 9.17) is 18.9 Å². The fourth-order valence-corrected chi connectivity index (χ4v) is 2.26. The molecule has 140 valence electrons. The number of alkyl carbamates (subject to hydrolysis) is 1. The number of amides is 1. The largest absolute Gasteiger partial charge is 0.493 e. The minimum absolute atomic E-state index is 0.282. The van der Waals surface area contributed by atoms with Crippen LogP contribution in [0, 0.1) is 0 Å². The minimum Gasteiger partial charge on any atom is -0.493 e. The number of methoxy groups -OCH3 is 3. The third-order valence-corrected chi connectivity index (χ3v) is 3.18. The normalized spacial score (nSPS) is 12.1. The highest BCUT2D eigenvalue weighted by atomic mass is 16.6. The Morgan fingerprint density at radius 3 is 2.12 bits per heavy atom. The van der Waals surface area contributed by atoms with E-state index in [1.54, 1.807) is 32.9 Å². The molecular weight excluding hydrogens is 330 g/mol. The summed E-state index contributed by atoms with van der Waals surface area (Å²) in [5.74, 6) is -0.0691. The number of ether oxygens (including phenoxy) is 4. The Kier molecular flexibility index (Phi) is 6.90. The van der Waals surface area contributed by atoms with Crippen molar-refractivity contribution in [3.63, 3.8) is 0 Å². The summed E-state index contributed by atoms with van der Waals surface area (Å²) in [5, 5.41) is 11.8. The summed E-state index contributed by atoms with van der Waals surface area (Å²) in [7, 11) is 4.34. The first-order valence-electron chi connectivity index (χ1n) is 7.63. The van der Waals surface area contributed by atoms with Crippen molar-refractivity contribution in [3.05, 3.63) is 17.7 Å². The Bertz CT molecular complexity index is 622. The summed E-state index contributed by atoms with van der Waals surface area (Å²) in [6.07, 6.45) is -1.08. The van der Waals surface area contributed by atoms with Crippen LogP contribution in [-0.2, 0) is 9.53 Å². The van der Waals surface area contributed by atoms with Crippen LogP contribution in [0.3, 0.4) is 0 Å². The van der Waals surface area contributed by atoms with Gasteiger partial charge in [0.25, 0.3) is 0 Å². The van der Waals surface area contributed by atoms with Gasteiger partial charge in [-0.25, -0.2) is 4.79 Å². The molecule has 0 aliphatic rings. The molecule has 2 N–H and O–H groups in total. The molecule has 0 unspecified atom stereocenters. The monoisotopic (exact) mass is 355 g/mol. The summed E-state index contributed by atoms with van der Waals surface area (Å²) in [6, 6.07) is 2.36. The highest BCUT2D eigenvalue weighted by Gasteiger charge is 2.27. The molecular formula is C17H25NO7. The second-order valence-corrected chi connectivity index (χ2v) is 6.22.